The number of β-amino-alcohol motifs (C(OH)–C–C–N with tert-alkyl or cyclic N) is 1. The maximum absolute atomic E-state index is 13.1. The van der Waals surface area contributed by atoms with Crippen molar-refractivity contribution >= 4 is 23.6 Å². The van der Waals surface area contributed by atoms with E-state index in [2.05, 4.69) is 22.5 Å². The largest absolute Gasteiger partial charge is 0.389 e. The zero-order valence-electron chi connectivity index (χ0n) is 15.1. The highest BCUT2D eigenvalue weighted by Gasteiger charge is 2.35. The van der Waals surface area contributed by atoms with E-state index in [0.717, 1.165) is 18.4 Å². The van der Waals surface area contributed by atoms with Gasteiger partial charge in [0, 0.05) is 30.1 Å². The molecule has 1 unspecified atom stereocenters. The van der Waals surface area contributed by atoms with Gasteiger partial charge in [0.25, 0.3) is 11.8 Å². The van der Waals surface area contributed by atoms with Crippen molar-refractivity contribution in [2.75, 3.05) is 12.8 Å². The summed E-state index contributed by atoms with van der Waals surface area (Å²) in [5.74, 6) is -0.488. The van der Waals surface area contributed by atoms with Crippen molar-refractivity contribution in [3.8, 4) is 0 Å². The van der Waals surface area contributed by atoms with E-state index in [1.54, 1.807) is 11.8 Å². The molecule has 2 heterocycles. The lowest BCUT2D eigenvalue weighted by Crippen LogP contribution is -2.33. The van der Waals surface area contributed by atoms with E-state index in [1.807, 2.05) is 23.3 Å². The molecule has 2 aromatic rings. The number of nitrogens with one attached hydrogen (secondary N) is 1. The molecule has 1 atom stereocenters. The Hall–Kier alpha value is -2.32. The standard InChI is InChI=1S/C19H22N4O3S/c1-27-15-6-2-12(3-7-15)10-22(13-4-5-13)19(26)16-8-17-18(25)20-9-14(24)11-23(17)21-16/h2-3,6-8,13-14,24H,4-5,9-11H2,1H3,(H,20,25). The summed E-state index contributed by atoms with van der Waals surface area (Å²) in [4.78, 5) is 28.3. The number of nitrogens with zero attached hydrogens (tertiary/aromatic N) is 3. The minimum atomic E-state index is -0.715. The molecule has 4 rings (SSSR count). The Morgan fingerprint density at radius 3 is 2.78 bits per heavy atom. The van der Waals surface area contributed by atoms with E-state index in [1.165, 1.54) is 15.6 Å². The van der Waals surface area contributed by atoms with Crippen molar-refractivity contribution < 1.29 is 14.7 Å². The molecule has 0 bridgehead atoms. The van der Waals surface area contributed by atoms with Crippen molar-refractivity contribution in [3.05, 3.63) is 47.3 Å². The number of fused-ring (bicyclic) bond motifs is 1. The van der Waals surface area contributed by atoms with Crippen LogP contribution in [0.3, 0.4) is 0 Å². The Kier molecular flexibility index (Phi) is 4.92. The first-order valence-corrected chi connectivity index (χ1v) is 10.3. The molecule has 0 radical (unpaired) electrons. The molecular formula is C19H22N4O3S. The molecule has 2 amide bonds. The van der Waals surface area contributed by atoms with E-state index in [4.69, 9.17) is 0 Å². The summed E-state index contributed by atoms with van der Waals surface area (Å²) in [6.07, 6.45) is 3.29. The lowest BCUT2D eigenvalue weighted by molar-refractivity contribution is 0.0721. The van der Waals surface area contributed by atoms with Crippen molar-refractivity contribution in [2.24, 2.45) is 0 Å². The van der Waals surface area contributed by atoms with Gasteiger partial charge in [-0.05, 0) is 36.8 Å². The molecular weight excluding hydrogens is 364 g/mol. The Balaban J connectivity index is 1.56. The molecule has 7 nitrogen and oxygen atoms in total. The number of benzene rings is 1. The predicted octanol–water partition coefficient (Wildman–Crippen LogP) is 1.51. The van der Waals surface area contributed by atoms with Crippen LogP contribution in [0.2, 0.25) is 0 Å². The third kappa shape index (κ3) is 3.86. The zero-order chi connectivity index (χ0) is 19.0. The third-order valence-corrected chi connectivity index (χ3v) is 5.62. The Morgan fingerprint density at radius 2 is 2.11 bits per heavy atom. The molecule has 8 heteroatoms. The topological polar surface area (TPSA) is 87.5 Å². The second-order valence-electron chi connectivity index (χ2n) is 6.97. The number of carbonyl (C=O) groups excluding carboxylic acids is 2. The van der Waals surface area contributed by atoms with Crippen molar-refractivity contribution in [2.45, 2.75) is 43.0 Å². The number of aliphatic hydroxyl groups excluding tert-OH is 1. The fourth-order valence-corrected chi connectivity index (χ4v) is 3.64. The molecule has 1 aromatic heterocycles. The lowest BCUT2D eigenvalue weighted by atomic mass is 10.2. The lowest BCUT2D eigenvalue weighted by Gasteiger charge is -2.21. The number of aromatic nitrogens is 2. The first-order valence-electron chi connectivity index (χ1n) is 9.03. The van der Waals surface area contributed by atoms with E-state index >= 15 is 0 Å². The van der Waals surface area contributed by atoms with Crippen LogP contribution in [-0.4, -0.2) is 56.5 Å². The minimum Gasteiger partial charge on any atom is -0.389 e. The first-order chi connectivity index (χ1) is 13.0. The monoisotopic (exact) mass is 386 g/mol. The van der Waals surface area contributed by atoms with Gasteiger partial charge in [-0.25, -0.2) is 0 Å². The first kappa shape index (κ1) is 18.1. The van der Waals surface area contributed by atoms with Crippen LogP contribution < -0.4 is 5.32 Å². The van der Waals surface area contributed by atoms with Gasteiger partial charge in [-0.1, -0.05) is 12.1 Å². The maximum Gasteiger partial charge on any atom is 0.274 e. The fourth-order valence-electron chi connectivity index (χ4n) is 3.24. The molecule has 142 valence electrons. The normalized spacial score (nSPS) is 19.2. The molecule has 1 aliphatic heterocycles. The zero-order valence-corrected chi connectivity index (χ0v) is 15.9. The van der Waals surface area contributed by atoms with Gasteiger partial charge in [0.2, 0.25) is 0 Å². The average molecular weight is 386 g/mol. The van der Waals surface area contributed by atoms with Crippen LogP contribution in [0.1, 0.15) is 39.4 Å². The number of thioether (sulfide) groups is 1. The van der Waals surface area contributed by atoms with E-state index in [9.17, 15) is 14.7 Å². The maximum atomic E-state index is 13.1. The van der Waals surface area contributed by atoms with Gasteiger partial charge in [0.05, 0.1) is 12.6 Å². The smallest absolute Gasteiger partial charge is 0.274 e. The van der Waals surface area contributed by atoms with Crippen molar-refractivity contribution in [1.82, 2.24) is 20.0 Å². The van der Waals surface area contributed by atoms with Crippen LogP contribution in [0.5, 0.6) is 0 Å². The SMILES string of the molecule is CSc1ccc(CN(C(=O)c2cc3n(n2)CC(O)CNC3=O)C2CC2)cc1. The summed E-state index contributed by atoms with van der Waals surface area (Å²) < 4.78 is 1.43. The minimum absolute atomic E-state index is 0.172. The van der Waals surface area contributed by atoms with Crippen molar-refractivity contribution in [3.63, 3.8) is 0 Å². The van der Waals surface area contributed by atoms with Crippen molar-refractivity contribution in [1.29, 1.82) is 0 Å². The number of aliphatic hydroxyl groups is 1. The van der Waals surface area contributed by atoms with Gasteiger partial charge >= 0.3 is 0 Å². The van der Waals surface area contributed by atoms with Gasteiger partial charge in [-0.2, -0.15) is 5.10 Å². The molecule has 1 saturated carbocycles. The molecule has 0 spiro atoms. The van der Waals surface area contributed by atoms with Gasteiger partial charge in [-0.15, -0.1) is 11.8 Å². The van der Waals surface area contributed by atoms with Crippen LogP contribution in [0.4, 0.5) is 0 Å². The Labute approximate surface area is 161 Å². The fraction of sp³-hybridized carbons (Fsp3) is 0.421. The van der Waals surface area contributed by atoms with Gasteiger partial charge in [0.15, 0.2) is 5.69 Å². The van der Waals surface area contributed by atoms with E-state index < -0.39 is 6.10 Å². The average Bonchev–Trinajstić information content (AvgIpc) is 3.45. The summed E-state index contributed by atoms with van der Waals surface area (Å²) in [5, 5.41) is 16.8. The Morgan fingerprint density at radius 1 is 1.37 bits per heavy atom. The number of rotatable bonds is 5. The number of carbonyl (C=O) groups is 2. The molecule has 0 saturated heterocycles. The molecule has 2 aliphatic rings. The molecule has 1 fully saturated rings. The predicted molar refractivity (Wildman–Crippen MR) is 102 cm³/mol. The highest BCUT2D eigenvalue weighted by molar-refractivity contribution is 7.98. The van der Waals surface area contributed by atoms with Crippen LogP contribution in [0.25, 0.3) is 0 Å². The van der Waals surface area contributed by atoms with Gasteiger partial charge in [0.1, 0.15) is 5.69 Å². The molecule has 1 aliphatic carbocycles. The van der Waals surface area contributed by atoms with Crippen LogP contribution in [0.15, 0.2) is 35.2 Å². The highest BCUT2D eigenvalue weighted by Crippen LogP contribution is 2.30. The van der Waals surface area contributed by atoms with Gasteiger partial charge < -0.3 is 15.3 Å². The highest BCUT2D eigenvalue weighted by atomic mass is 32.2. The second-order valence-corrected chi connectivity index (χ2v) is 7.85. The summed E-state index contributed by atoms with van der Waals surface area (Å²) in [6, 6.07) is 9.95. The van der Waals surface area contributed by atoms with E-state index in [0.29, 0.717) is 12.2 Å². The van der Waals surface area contributed by atoms with Crippen LogP contribution >= 0.6 is 11.8 Å². The molecule has 27 heavy (non-hydrogen) atoms. The summed E-state index contributed by atoms with van der Waals surface area (Å²) in [6.45, 7) is 0.905. The van der Waals surface area contributed by atoms with Crippen LogP contribution in [-0.2, 0) is 13.1 Å². The Bertz CT molecular complexity index is 860. The molecule has 1 aromatic carbocycles. The van der Waals surface area contributed by atoms with E-state index in [-0.39, 0.29) is 36.6 Å². The van der Waals surface area contributed by atoms with Gasteiger partial charge in [-0.3, -0.25) is 14.3 Å². The number of hydrogen-bond donors (Lipinski definition) is 2. The summed E-state index contributed by atoms with van der Waals surface area (Å²) in [7, 11) is 0. The van der Waals surface area contributed by atoms with Crippen LogP contribution in [0, 0.1) is 0 Å². The molecule has 2 N–H and O–H groups in total. The summed E-state index contributed by atoms with van der Waals surface area (Å²) in [5.41, 5.74) is 1.64. The number of amides is 2. The third-order valence-electron chi connectivity index (χ3n) is 4.87. The quantitative estimate of drug-likeness (QED) is 0.761. The number of hydrogen-bond acceptors (Lipinski definition) is 5. The summed E-state index contributed by atoms with van der Waals surface area (Å²) >= 11 is 1.68. The second kappa shape index (κ2) is 7.36.